The molecule has 22 heavy (non-hydrogen) atoms. The lowest BCUT2D eigenvalue weighted by Crippen LogP contribution is -2.14. The van der Waals surface area contributed by atoms with Crippen molar-refractivity contribution in [1.29, 1.82) is 0 Å². The minimum atomic E-state index is 0.0757. The second kappa shape index (κ2) is 3.99. The summed E-state index contributed by atoms with van der Waals surface area (Å²) in [5.74, 6) is 0. The van der Waals surface area contributed by atoms with Crippen molar-refractivity contribution < 1.29 is 0 Å². The Bertz CT molecular complexity index is 1050. The first-order valence-corrected chi connectivity index (χ1v) is 8.54. The lowest BCUT2D eigenvalue weighted by Gasteiger charge is -2.22. The molecule has 1 heteroatoms. The molecule has 1 heterocycles. The number of benzene rings is 3. The Kier molecular flexibility index (Phi) is 2.26. The van der Waals surface area contributed by atoms with Gasteiger partial charge in [0.25, 0.3) is 0 Å². The van der Waals surface area contributed by atoms with E-state index in [4.69, 9.17) is 0 Å². The van der Waals surface area contributed by atoms with Gasteiger partial charge in [-0.1, -0.05) is 68.4 Å². The molecule has 0 aliphatic heterocycles. The standard InChI is InChI=1S/C21H16S/c1-21(2)17-9-5-3-7-13(17)15-11-12-16-14-8-4-6-10-18(14)22-20(16)19(15)21/h3-12H,1-2H3. The minimum absolute atomic E-state index is 0.0757. The maximum absolute atomic E-state index is 2.36. The summed E-state index contributed by atoms with van der Waals surface area (Å²) in [5.41, 5.74) is 5.86. The van der Waals surface area contributed by atoms with Crippen LogP contribution >= 0.6 is 11.3 Å². The molecule has 1 aliphatic rings. The number of hydrogen-bond donors (Lipinski definition) is 0. The highest BCUT2D eigenvalue weighted by molar-refractivity contribution is 7.26. The number of rotatable bonds is 0. The van der Waals surface area contributed by atoms with Crippen molar-refractivity contribution in [3.8, 4) is 11.1 Å². The summed E-state index contributed by atoms with van der Waals surface area (Å²) < 4.78 is 2.84. The van der Waals surface area contributed by atoms with Crippen LogP contribution in [0.2, 0.25) is 0 Å². The minimum Gasteiger partial charge on any atom is -0.135 e. The average molecular weight is 300 g/mol. The SMILES string of the molecule is CC1(C)c2ccccc2-c2ccc3c(sc4ccccc43)c21. The number of fused-ring (bicyclic) bond motifs is 7. The Morgan fingerprint density at radius 1 is 0.727 bits per heavy atom. The molecule has 0 unspecified atom stereocenters. The highest BCUT2D eigenvalue weighted by Crippen LogP contribution is 2.53. The maximum atomic E-state index is 2.36. The van der Waals surface area contributed by atoms with Gasteiger partial charge in [0.15, 0.2) is 0 Å². The van der Waals surface area contributed by atoms with Gasteiger partial charge in [0, 0.05) is 25.6 Å². The fourth-order valence-corrected chi connectivity index (χ4v) is 5.44. The average Bonchev–Trinajstić information content (AvgIpc) is 3.02. The van der Waals surface area contributed by atoms with E-state index >= 15 is 0 Å². The fraction of sp³-hybridized carbons (Fsp3) is 0.143. The van der Waals surface area contributed by atoms with Gasteiger partial charge in [-0.25, -0.2) is 0 Å². The van der Waals surface area contributed by atoms with E-state index in [1.165, 1.54) is 42.4 Å². The van der Waals surface area contributed by atoms with Gasteiger partial charge in [-0.05, 0) is 28.3 Å². The number of thiophene rings is 1. The van der Waals surface area contributed by atoms with Gasteiger partial charge in [-0.3, -0.25) is 0 Å². The van der Waals surface area contributed by atoms with E-state index in [-0.39, 0.29) is 5.41 Å². The van der Waals surface area contributed by atoms with Crippen LogP contribution in [0.1, 0.15) is 25.0 Å². The van der Waals surface area contributed by atoms with E-state index in [1.54, 1.807) is 0 Å². The van der Waals surface area contributed by atoms with Crippen LogP contribution in [0.3, 0.4) is 0 Å². The summed E-state index contributed by atoms with van der Waals surface area (Å²) in [4.78, 5) is 0. The largest absolute Gasteiger partial charge is 0.135 e. The maximum Gasteiger partial charge on any atom is 0.0402 e. The summed E-state index contributed by atoms with van der Waals surface area (Å²) in [6.07, 6.45) is 0. The first-order chi connectivity index (χ1) is 10.7. The summed E-state index contributed by atoms with van der Waals surface area (Å²) in [5, 5.41) is 2.79. The Morgan fingerprint density at radius 2 is 1.50 bits per heavy atom. The molecule has 0 bridgehead atoms. The monoisotopic (exact) mass is 300 g/mol. The predicted octanol–water partition coefficient (Wildman–Crippen LogP) is 6.36. The Balaban J connectivity index is 1.99. The van der Waals surface area contributed by atoms with Crippen molar-refractivity contribution in [1.82, 2.24) is 0 Å². The van der Waals surface area contributed by atoms with Crippen molar-refractivity contribution in [3.63, 3.8) is 0 Å². The molecular formula is C21H16S. The van der Waals surface area contributed by atoms with E-state index in [0.717, 1.165) is 0 Å². The van der Waals surface area contributed by atoms with Gasteiger partial charge in [0.05, 0.1) is 0 Å². The van der Waals surface area contributed by atoms with Gasteiger partial charge >= 0.3 is 0 Å². The normalized spacial score (nSPS) is 15.2. The molecule has 1 aromatic heterocycles. The molecule has 4 aromatic rings. The van der Waals surface area contributed by atoms with Crippen LogP contribution in [-0.4, -0.2) is 0 Å². The Hall–Kier alpha value is -2.12. The zero-order chi connectivity index (χ0) is 14.9. The van der Waals surface area contributed by atoms with Crippen LogP contribution in [0, 0.1) is 0 Å². The zero-order valence-corrected chi connectivity index (χ0v) is 13.5. The van der Waals surface area contributed by atoms with Crippen molar-refractivity contribution >= 4 is 31.5 Å². The molecule has 0 nitrogen and oxygen atoms in total. The predicted molar refractivity (Wildman–Crippen MR) is 96.9 cm³/mol. The van der Waals surface area contributed by atoms with Crippen molar-refractivity contribution in [2.75, 3.05) is 0 Å². The van der Waals surface area contributed by atoms with Crippen molar-refractivity contribution in [2.24, 2.45) is 0 Å². The molecule has 0 radical (unpaired) electrons. The zero-order valence-electron chi connectivity index (χ0n) is 12.7. The molecule has 0 N–H and O–H groups in total. The third-order valence-electron chi connectivity index (χ3n) is 5.06. The van der Waals surface area contributed by atoms with Crippen LogP contribution in [0.4, 0.5) is 0 Å². The van der Waals surface area contributed by atoms with E-state index < -0.39 is 0 Å². The highest BCUT2D eigenvalue weighted by Gasteiger charge is 2.37. The Labute approximate surface area is 134 Å². The van der Waals surface area contributed by atoms with E-state index in [9.17, 15) is 0 Å². The van der Waals surface area contributed by atoms with Gasteiger partial charge < -0.3 is 0 Å². The summed E-state index contributed by atoms with van der Waals surface area (Å²) >= 11 is 1.94. The first-order valence-electron chi connectivity index (χ1n) is 7.72. The second-order valence-electron chi connectivity index (χ2n) is 6.63. The third kappa shape index (κ3) is 1.37. The molecular weight excluding hydrogens is 284 g/mol. The second-order valence-corrected chi connectivity index (χ2v) is 7.69. The van der Waals surface area contributed by atoms with Crippen LogP contribution in [0.15, 0.2) is 60.7 Å². The fourth-order valence-electron chi connectivity index (χ4n) is 4.03. The highest BCUT2D eigenvalue weighted by atomic mass is 32.1. The molecule has 5 rings (SSSR count). The van der Waals surface area contributed by atoms with Gasteiger partial charge in [0.1, 0.15) is 0 Å². The van der Waals surface area contributed by atoms with Crippen LogP contribution in [0.25, 0.3) is 31.3 Å². The lowest BCUT2D eigenvalue weighted by atomic mass is 9.82. The lowest BCUT2D eigenvalue weighted by molar-refractivity contribution is 0.667. The molecule has 0 fully saturated rings. The van der Waals surface area contributed by atoms with Crippen LogP contribution in [0.5, 0.6) is 0 Å². The molecule has 0 spiro atoms. The molecule has 0 saturated heterocycles. The molecule has 106 valence electrons. The topological polar surface area (TPSA) is 0 Å². The smallest absolute Gasteiger partial charge is 0.0402 e. The molecule has 0 saturated carbocycles. The van der Waals surface area contributed by atoms with Crippen LogP contribution in [-0.2, 0) is 5.41 Å². The first kappa shape index (κ1) is 12.4. The van der Waals surface area contributed by atoms with Crippen molar-refractivity contribution in [2.45, 2.75) is 19.3 Å². The molecule has 0 amide bonds. The molecule has 1 aliphatic carbocycles. The van der Waals surface area contributed by atoms with Crippen molar-refractivity contribution in [3.05, 3.63) is 71.8 Å². The Morgan fingerprint density at radius 3 is 2.41 bits per heavy atom. The van der Waals surface area contributed by atoms with Gasteiger partial charge in [-0.2, -0.15) is 0 Å². The van der Waals surface area contributed by atoms with E-state index in [0.29, 0.717) is 0 Å². The van der Waals surface area contributed by atoms with E-state index in [2.05, 4.69) is 74.5 Å². The molecule has 3 aromatic carbocycles. The summed E-state index contributed by atoms with van der Waals surface area (Å²) in [7, 11) is 0. The summed E-state index contributed by atoms with van der Waals surface area (Å²) in [6.45, 7) is 4.73. The van der Waals surface area contributed by atoms with Gasteiger partial charge in [-0.15, -0.1) is 11.3 Å². The molecule has 0 atom stereocenters. The van der Waals surface area contributed by atoms with Gasteiger partial charge in [0.2, 0.25) is 0 Å². The summed E-state index contributed by atoms with van der Waals surface area (Å²) in [6, 6.07) is 22.3. The number of hydrogen-bond acceptors (Lipinski definition) is 1. The van der Waals surface area contributed by atoms with E-state index in [1.807, 2.05) is 11.3 Å². The quantitative estimate of drug-likeness (QED) is 0.354. The third-order valence-corrected chi connectivity index (χ3v) is 6.27. The van der Waals surface area contributed by atoms with Crippen LogP contribution < -0.4 is 0 Å².